The van der Waals surface area contributed by atoms with Crippen LogP contribution in [0.4, 0.5) is 5.69 Å². The smallest absolute Gasteiger partial charge is 0.305 e. The molecule has 1 heterocycles. The molecule has 3 rings (SSSR count). The lowest BCUT2D eigenvalue weighted by Crippen LogP contribution is -2.42. The third kappa shape index (κ3) is 5.10. The molecular weight excluding hydrogens is 438 g/mol. The van der Waals surface area contributed by atoms with Gasteiger partial charge in [0.2, 0.25) is 5.91 Å². The molecule has 166 valence electrons. The van der Waals surface area contributed by atoms with Crippen molar-refractivity contribution in [2.24, 2.45) is 5.41 Å². The number of para-hydroxylation sites is 1. The number of amides is 1. The van der Waals surface area contributed by atoms with E-state index >= 15 is 0 Å². The van der Waals surface area contributed by atoms with Crippen LogP contribution in [0.3, 0.4) is 0 Å². The molecule has 31 heavy (non-hydrogen) atoms. The van der Waals surface area contributed by atoms with Crippen molar-refractivity contribution in [1.29, 1.82) is 0 Å². The molecule has 0 fully saturated rings. The van der Waals surface area contributed by atoms with Gasteiger partial charge in [-0.25, -0.2) is 0 Å². The monoisotopic (exact) mass is 463 g/mol. The second-order valence-corrected chi connectivity index (χ2v) is 10.4. The predicted octanol–water partition coefficient (Wildman–Crippen LogP) is 5.11. The summed E-state index contributed by atoms with van der Waals surface area (Å²) in [5.74, 6) is -1.04. The van der Waals surface area contributed by atoms with Gasteiger partial charge in [0.25, 0.3) is 0 Å². The van der Waals surface area contributed by atoms with Crippen LogP contribution in [0.15, 0.2) is 36.4 Å². The maximum atomic E-state index is 13.5. The number of carbonyl (C=O) groups is 2. The van der Waals surface area contributed by atoms with Crippen molar-refractivity contribution in [3.05, 3.63) is 52.5 Å². The first-order valence-corrected chi connectivity index (χ1v) is 11.2. The van der Waals surface area contributed by atoms with Crippen molar-refractivity contribution < 1.29 is 24.5 Å². The van der Waals surface area contributed by atoms with Crippen LogP contribution < -0.4 is 9.64 Å². The van der Waals surface area contributed by atoms with Gasteiger partial charge >= 0.3 is 5.97 Å². The van der Waals surface area contributed by atoms with Gasteiger partial charge in [-0.3, -0.25) is 9.59 Å². The number of nitrogens with zero attached hydrogens (tertiary/aromatic N) is 1. The number of methoxy groups -OCH3 is 1. The Morgan fingerprint density at radius 2 is 1.94 bits per heavy atom. The number of fused-ring (bicyclic) bond motifs is 1. The van der Waals surface area contributed by atoms with Crippen LogP contribution in [0.25, 0.3) is 0 Å². The summed E-state index contributed by atoms with van der Waals surface area (Å²) in [6, 6.07) is 10.3. The molecule has 0 saturated heterocycles. The van der Waals surface area contributed by atoms with Gasteiger partial charge in [-0.15, -0.1) is 11.8 Å². The Labute approximate surface area is 191 Å². The van der Waals surface area contributed by atoms with E-state index in [1.54, 1.807) is 29.2 Å². The summed E-state index contributed by atoms with van der Waals surface area (Å²) in [7, 11) is 1.46. The maximum Gasteiger partial charge on any atom is 0.305 e. The second kappa shape index (κ2) is 9.01. The molecule has 6 nitrogen and oxygen atoms in total. The summed E-state index contributed by atoms with van der Waals surface area (Å²) in [5.41, 5.74) is 1.89. The van der Waals surface area contributed by atoms with Crippen LogP contribution in [0.2, 0.25) is 5.02 Å². The molecule has 0 saturated carbocycles. The van der Waals surface area contributed by atoms with E-state index in [0.717, 1.165) is 5.56 Å². The number of ether oxygens (including phenoxy) is 1. The van der Waals surface area contributed by atoms with Crippen molar-refractivity contribution in [2.75, 3.05) is 18.6 Å². The number of aliphatic carboxylic acids is 1. The van der Waals surface area contributed by atoms with Crippen LogP contribution in [0.5, 0.6) is 11.5 Å². The lowest BCUT2D eigenvalue weighted by Gasteiger charge is -2.31. The molecule has 1 aliphatic rings. The zero-order valence-corrected chi connectivity index (χ0v) is 19.5. The van der Waals surface area contributed by atoms with Crippen LogP contribution in [-0.4, -0.2) is 41.0 Å². The van der Waals surface area contributed by atoms with Crippen LogP contribution in [-0.2, 0) is 9.59 Å². The lowest BCUT2D eigenvalue weighted by atomic mass is 9.94. The number of benzene rings is 2. The average molecular weight is 464 g/mol. The Bertz CT molecular complexity index is 1000. The van der Waals surface area contributed by atoms with Crippen molar-refractivity contribution >= 4 is 40.9 Å². The van der Waals surface area contributed by atoms with Gasteiger partial charge in [0.15, 0.2) is 11.5 Å². The number of aromatic hydroxyl groups is 1. The first-order chi connectivity index (χ1) is 14.5. The predicted molar refractivity (Wildman–Crippen MR) is 123 cm³/mol. The molecule has 2 atom stereocenters. The molecule has 2 aromatic carbocycles. The number of phenols is 1. The molecular formula is C23H26ClNO5S. The number of thioether (sulfide) groups is 1. The molecule has 1 amide bonds. The third-order valence-corrected chi connectivity index (χ3v) is 6.62. The zero-order chi connectivity index (χ0) is 22.9. The van der Waals surface area contributed by atoms with Crippen molar-refractivity contribution in [2.45, 2.75) is 37.7 Å². The number of carboxylic acid groups (broad SMARTS) is 1. The molecule has 0 bridgehead atoms. The number of carbonyl (C=O) groups excluding carboxylic acids is 1. The summed E-state index contributed by atoms with van der Waals surface area (Å²) in [5, 5.41) is 19.0. The van der Waals surface area contributed by atoms with Crippen molar-refractivity contribution in [3.8, 4) is 11.5 Å². The number of rotatable bonds is 5. The van der Waals surface area contributed by atoms with Gasteiger partial charge < -0.3 is 19.8 Å². The molecule has 8 heteroatoms. The minimum Gasteiger partial charge on any atom is -0.504 e. The Kier molecular flexibility index (Phi) is 6.76. The summed E-state index contributed by atoms with van der Waals surface area (Å²) >= 11 is 7.58. The molecule has 2 N–H and O–H groups in total. The lowest BCUT2D eigenvalue weighted by molar-refractivity contribution is -0.138. The normalized spacial score (nSPS) is 19.0. The molecule has 0 aromatic heterocycles. The summed E-state index contributed by atoms with van der Waals surface area (Å²) in [4.78, 5) is 26.8. The van der Waals surface area contributed by atoms with Crippen molar-refractivity contribution in [3.63, 3.8) is 0 Å². The minimum atomic E-state index is -1.05. The van der Waals surface area contributed by atoms with E-state index in [0.29, 0.717) is 22.8 Å². The van der Waals surface area contributed by atoms with E-state index in [1.165, 1.54) is 24.9 Å². The number of hydrogen-bond acceptors (Lipinski definition) is 5. The topological polar surface area (TPSA) is 87.1 Å². The molecule has 2 unspecified atom stereocenters. The van der Waals surface area contributed by atoms with Gasteiger partial charge in [0.1, 0.15) is 0 Å². The fourth-order valence-electron chi connectivity index (χ4n) is 3.71. The average Bonchev–Trinajstić information content (AvgIpc) is 2.77. The van der Waals surface area contributed by atoms with Crippen LogP contribution >= 0.6 is 23.4 Å². The minimum absolute atomic E-state index is 0.0268. The number of carboxylic acids is 1. The first kappa shape index (κ1) is 23.3. The molecule has 2 aromatic rings. The highest BCUT2D eigenvalue weighted by Crippen LogP contribution is 2.51. The molecule has 0 radical (unpaired) electrons. The molecule has 0 aliphatic carbocycles. The van der Waals surface area contributed by atoms with E-state index < -0.39 is 16.5 Å². The van der Waals surface area contributed by atoms with Crippen LogP contribution in [0.1, 0.15) is 43.6 Å². The van der Waals surface area contributed by atoms with E-state index in [-0.39, 0.29) is 29.2 Å². The standard InChI is InChI=1S/C23H26ClNO5S/c1-23(2,3)12-25-16-9-8-13(24)10-15(16)21(31-18(22(25)29)11-19(27)28)14-6-5-7-17(26)20(14)30-4/h5-10,18,21,26H,11-12H2,1-4H3,(H,27,28). The SMILES string of the molecule is COc1c(O)cccc1C1SC(CC(=O)O)C(=O)N(CC(C)(C)C)c2ccc(Cl)cc21. The Hall–Kier alpha value is -2.38. The largest absolute Gasteiger partial charge is 0.504 e. The number of phenolic OH excluding ortho intramolecular Hbond substituents is 1. The van der Waals surface area contributed by atoms with E-state index in [4.69, 9.17) is 16.3 Å². The van der Waals surface area contributed by atoms with Gasteiger partial charge in [-0.2, -0.15) is 0 Å². The van der Waals surface area contributed by atoms with E-state index in [2.05, 4.69) is 0 Å². The highest BCUT2D eigenvalue weighted by Gasteiger charge is 2.39. The highest BCUT2D eigenvalue weighted by molar-refractivity contribution is 8.01. The number of anilines is 1. The Morgan fingerprint density at radius 1 is 1.23 bits per heavy atom. The zero-order valence-electron chi connectivity index (χ0n) is 17.9. The van der Waals surface area contributed by atoms with Gasteiger partial charge in [-0.05, 0) is 35.2 Å². The first-order valence-electron chi connectivity index (χ1n) is 9.86. The summed E-state index contributed by atoms with van der Waals surface area (Å²) < 4.78 is 5.45. The summed E-state index contributed by atoms with van der Waals surface area (Å²) in [6.45, 7) is 6.49. The second-order valence-electron chi connectivity index (χ2n) is 8.69. The van der Waals surface area contributed by atoms with E-state index in [1.807, 2.05) is 26.8 Å². The number of hydrogen-bond donors (Lipinski definition) is 2. The van der Waals surface area contributed by atoms with Gasteiger partial charge in [0.05, 0.1) is 24.0 Å². The fraction of sp³-hybridized carbons (Fsp3) is 0.391. The summed E-state index contributed by atoms with van der Waals surface area (Å²) in [6.07, 6.45) is -0.316. The highest BCUT2D eigenvalue weighted by atomic mass is 35.5. The molecule has 1 aliphatic heterocycles. The maximum absolute atomic E-state index is 13.5. The quantitative estimate of drug-likeness (QED) is 0.640. The van der Waals surface area contributed by atoms with Gasteiger partial charge in [0, 0.05) is 22.8 Å². The van der Waals surface area contributed by atoms with E-state index in [9.17, 15) is 19.8 Å². The fourth-order valence-corrected chi connectivity index (χ4v) is 5.37. The Morgan fingerprint density at radius 3 is 2.55 bits per heavy atom. The number of halogens is 1. The Balaban J connectivity index is 2.26. The van der Waals surface area contributed by atoms with Gasteiger partial charge in [-0.1, -0.05) is 44.5 Å². The van der Waals surface area contributed by atoms with Crippen molar-refractivity contribution in [1.82, 2.24) is 0 Å². The van der Waals surface area contributed by atoms with Crippen LogP contribution in [0, 0.1) is 5.41 Å². The third-order valence-electron chi connectivity index (χ3n) is 4.91. The molecule has 0 spiro atoms.